The molecule has 1 heterocycles. The molecule has 0 aromatic heterocycles. The minimum atomic E-state index is 0.0627. The summed E-state index contributed by atoms with van der Waals surface area (Å²) in [5.41, 5.74) is 2.13. The van der Waals surface area contributed by atoms with Gasteiger partial charge in [-0.15, -0.1) is 0 Å². The summed E-state index contributed by atoms with van der Waals surface area (Å²) in [6, 6.07) is 8.64. The molecular formula is C18H29N3O. The van der Waals surface area contributed by atoms with Crippen molar-refractivity contribution in [1.29, 1.82) is 0 Å². The Bertz CT molecular complexity index is 462. The van der Waals surface area contributed by atoms with Gasteiger partial charge in [-0.1, -0.05) is 20.8 Å². The van der Waals surface area contributed by atoms with E-state index in [0.29, 0.717) is 19.0 Å². The SMILES string of the molecule is CC1CCN(c2ccc(NC(=O)CCNC(C)C)cc2)CC1. The maximum Gasteiger partial charge on any atom is 0.225 e. The van der Waals surface area contributed by atoms with Crippen molar-refractivity contribution in [2.24, 2.45) is 5.92 Å². The monoisotopic (exact) mass is 303 g/mol. The number of amides is 1. The summed E-state index contributed by atoms with van der Waals surface area (Å²) in [4.78, 5) is 14.3. The minimum absolute atomic E-state index is 0.0627. The molecule has 4 nitrogen and oxygen atoms in total. The molecular weight excluding hydrogens is 274 g/mol. The lowest BCUT2D eigenvalue weighted by atomic mass is 9.99. The molecule has 2 N–H and O–H groups in total. The first kappa shape index (κ1) is 16.8. The van der Waals surface area contributed by atoms with Gasteiger partial charge in [-0.3, -0.25) is 4.79 Å². The topological polar surface area (TPSA) is 44.4 Å². The molecule has 1 aliphatic heterocycles. The first-order valence-electron chi connectivity index (χ1n) is 8.43. The second-order valence-corrected chi connectivity index (χ2v) is 6.62. The molecule has 0 bridgehead atoms. The van der Waals surface area contributed by atoms with E-state index in [1.807, 2.05) is 12.1 Å². The molecule has 0 saturated carbocycles. The van der Waals surface area contributed by atoms with E-state index >= 15 is 0 Å². The molecule has 22 heavy (non-hydrogen) atoms. The van der Waals surface area contributed by atoms with Crippen molar-refractivity contribution in [3.63, 3.8) is 0 Å². The van der Waals surface area contributed by atoms with Gasteiger partial charge in [-0.25, -0.2) is 0 Å². The summed E-state index contributed by atoms with van der Waals surface area (Å²) in [6.45, 7) is 9.47. The van der Waals surface area contributed by atoms with E-state index in [0.717, 1.165) is 24.7 Å². The standard InChI is InChI=1S/C18H29N3O/c1-14(2)19-11-8-18(22)20-16-4-6-17(7-5-16)21-12-9-15(3)10-13-21/h4-7,14-15,19H,8-13H2,1-3H3,(H,20,22). The zero-order chi connectivity index (χ0) is 15.9. The molecule has 0 aliphatic carbocycles. The molecule has 0 unspecified atom stereocenters. The van der Waals surface area contributed by atoms with Crippen LogP contribution in [0.25, 0.3) is 0 Å². The van der Waals surface area contributed by atoms with Crippen LogP contribution in [0.5, 0.6) is 0 Å². The van der Waals surface area contributed by atoms with E-state index in [1.165, 1.54) is 18.5 Å². The van der Waals surface area contributed by atoms with E-state index in [9.17, 15) is 4.79 Å². The van der Waals surface area contributed by atoms with Crippen LogP contribution in [0.2, 0.25) is 0 Å². The number of nitrogens with zero attached hydrogens (tertiary/aromatic N) is 1. The fourth-order valence-corrected chi connectivity index (χ4v) is 2.72. The largest absolute Gasteiger partial charge is 0.372 e. The van der Waals surface area contributed by atoms with E-state index in [4.69, 9.17) is 0 Å². The number of rotatable bonds is 6. The quantitative estimate of drug-likeness (QED) is 0.848. The molecule has 1 aromatic rings. The van der Waals surface area contributed by atoms with Gasteiger partial charge in [0.2, 0.25) is 5.91 Å². The van der Waals surface area contributed by atoms with Crippen LogP contribution in [0, 0.1) is 5.92 Å². The third kappa shape index (κ3) is 5.34. The number of piperidine rings is 1. The number of nitrogens with one attached hydrogen (secondary N) is 2. The molecule has 0 atom stereocenters. The maximum absolute atomic E-state index is 11.9. The van der Waals surface area contributed by atoms with Crippen LogP contribution in [0.3, 0.4) is 0 Å². The molecule has 1 amide bonds. The van der Waals surface area contributed by atoms with E-state index in [2.05, 4.69) is 48.4 Å². The van der Waals surface area contributed by atoms with E-state index < -0.39 is 0 Å². The Morgan fingerprint density at radius 3 is 2.45 bits per heavy atom. The number of hydrogen-bond acceptors (Lipinski definition) is 3. The maximum atomic E-state index is 11.9. The van der Waals surface area contributed by atoms with Gasteiger partial charge < -0.3 is 15.5 Å². The molecule has 122 valence electrons. The Labute approximate surface area is 134 Å². The van der Waals surface area contributed by atoms with Crippen molar-refractivity contribution >= 4 is 17.3 Å². The average molecular weight is 303 g/mol. The highest BCUT2D eigenvalue weighted by molar-refractivity contribution is 5.91. The van der Waals surface area contributed by atoms with Gasteiger partial charge in [0.05, 0.1) is 0 Å². The fraction of sp³-hybridized carbons (Fsp3) is 0.611. The van der Waals surface area contributed by atoms with Crippen LogP contribution in [-0.4, -0.2) is 31.6 Å². The molecule has 1 aliphatic rings. The smallest absolute Gasteiger partial charge is 0.225 e. The highest BCUT2D eigenvalue weighted by atomic mass is 16.1. The molecule has 2 rings (SSSR count). The van der Waals surface area contributed by atoms with Crippen molar-refractivity contribution < 1.29 is 4.79 Å². The summed E-state index contributed by atoms with van der Waals surface area (Å²) >= 11 is 0. The Hall–Kier alpha value is -1.55. The molecule has 1 fully saturated rings. The van der Waals surface area contributed by atoms with E-state index in [-0.39, 0.29) is 5.91 Å². The zero-order valence-electron chi connectivity index (χ0n) is 14.1. The number of benzene rings is 1. The summed E-state index contributed by atoms with van der Waals surface area (Å²) in [6.07, 6.45) is 3.03. The van der Waals surface area contributed by atoms with Gasteiger partial charge in [-0.2, -0.15) is 0 Å². The van der Waals surface area contributed by atoms with Crippen LogP contribution in [0.4, 0.5) is 11.4 Å². The number of carbonyl (C=O) groups is 1. The molecule has 1 aromatic carbocycles. The van der Waals surface area contributed by atoms with Gasteiger partial charge in [-0.05, 0) is 43.0 Å². The highest BCUT2D eigenvalue weighted by Crippen LogP contribution is 2.24. The lowest BCUT2D eigenvalue weighted by Crippen LogP contribution is -2.32. The number of carbonyl (C=O) groups excluding carboxylic acids is 1. The Morgan fingerprint density at radius 2 is 1.86 bits per heavy atom. The lowest BCUT2D eigenvalue weighted by molar-refractivity contribution is -0.116. The normalized spacial score (nSPS) is 16.1. The van der Waals surface area contributed by atoms with Crippen molar-refractivity contribution in [3.05, 3.63) is 24.3 Å². The molecule has 0 spiro atoms. The van der Waals surface area contributed by atoms with Crippen LogP contribution in [-0.2, 0) is 4.79 Å². The Kier molecular flexibility index (Phi) is 6.25. The summed E-state index contributed by atoms with van der Waals surface area (Å²) in [5, 5.41) is 6.21. The van der Waals surface area contributed by atoms with Gasteiger partial charge in [0.25, 0.3) is 0 Å². The van der Waals surface area contributed by atoms with Gasteiger partial charge in [0.1, 0.15) is 0 Å². The summed E-state index contributed by atoms with van der Waals surface area (Å²) in [5.74, 6) is 0.905. The Balaban J connectivity index is 1.80. The Morgan fingerprint density at radius 1 is 1.23 bits per heavy atom. The fourth-order valence-electron chi connectivity index (χ4n) is 2.72. The van der Waals surface area contributed by atoms with Crippen LogP contribution in [0.15, 0.2) is 24.3 Å². The predicted octanol–water partition coefficient (Wildman–Crippen LogP) is 3.25. The van der Waals surface area contributed by atoms with Crippen LogP contribution in [0.1, 0.15) is 40.0 Å². The minimum Gasteiger partial charge on any atom is -0.372 e. The van der Waals surface area contributed by atoms with Gasteiger partial charge in [0, 0.05) is 43.5 Å². The lowest BCUT2D eigenvalue weighted by Gasteiger charge is -2.32. The van der Waals surface area contributed by atoms with E-state index in [1.54, 1.807) is 0 Å². The second-order valence-electron chi connectivity index (χ2n) is 6.62. The third-order valence-electron chi connectivity index (χ3n) is 4.20. The van der Waals surface area contributed by atoms with Crippen molar-refractivity contribution in [2.75, 3.05) is 29.9 Å². The van der Waals surface area contributed by atoms with Gasteiger partial charge in [0.15, 0.2) is 0 Å². The highest BCUT2D eigenvalue weighted by Gasteiger charge is 2.15. The molecule has 4 heteroatoms. The number of anilines is 2. The van der Waals surface area contributed by atoms with Crippen molar-refractivity contribution in [2.45, 2.75) is 46.1 Å². The average Bonchev–Trinajstić information content (AvgIpc) is 2.48. The van der Waals surface area contributed by atoms with Gasteiger partial charge >= 0.3 is 0 Å². The summed E-state index contributed by atoms with van der Waals surface area (Å²) < 4.78 is 0. The van der Waals surface area contributed by atoms with Crippen LogP contribution < -0.4 is 15.5 Å². The first-order chi connectivity index (χ1) is 10.5. The van der Waals surface area contributed by atoms with Crippen LogP contribution >= 0.6 is 0 Å². The second kappa shape index (κ2) is 8.18. The molecule has 0 radical (unpaired) electrons. The predicted molar refractivity (Wildman–Crippen MR) is 93.4 cm³/mol. The van der Waals surface area contributed by atoms with Crippen molar-refractivity contribution in [3.8, 4) is 0 Å². The first-order valence-corrected chi connectivity index (χ1v) is 8.43. The zero-order valence-corrected chi connectivity index (χ0v) is 14.1. The number of hydrogen-bond donors (Lipinski definition) is 2. The molecule has 1 saturated heterocycles. The third-order valence-corrected chi connectivity index (χ3v) is 4.20. The van der Waals surface area contributed by atoms with Crippen molar-refractivity contribution in [1.82, 2.24) is 5.32 Å². The summed E-state index contributed by atoms with van der Waals surface area (Å²) in [7, 11) is 0.